The van der Waals surface area contributed by atoms with Crippen LogP contribution in [0.25, 0.3) is 112 Å². The number of hydrogen-bond acceptors (Lipinski definition) is 6. The molecule has 0 saturated heterocycles. The Morgan fingerprint density at radius 3 is 1.83 bits per heavy atom. The van der Waals surface area contributed by atoms with E-state index < -0.39 is 167 Å². The first-order valence-corrected chi connectivity index (χ1v) is 21.7. The van der Waals surface area contributed by atoms with Crippen molar-refractivity contribution >= 4 is 54.8 Å². The number of fused-ring (bicyclic) bond motifs is 6. The van der Waals surface area contributed by atoms with Crippen LogP contribution >= 0.6 is 0 Å². The Morgan fingerprint density at radius 2 is 1.12 bits per heavy atom. The Balaban J connectivity index is 1.18. The summed E-state index contributed by atoms with van der Waals surface area (Å²) in [5.41, 5.74) is 2.30. The minimum absolute atomic E-state index is 0.00924. The number of rotatable bonds is 8. The van der Waals surface area contributed by atoms with Gasteiger partial charge in [0.05, 0.1) is 49.7 Å². The van der Waals surface area contributed by atoms with E-state index in [0.29, 0.717) is 11.0 Å². The van der Waals surface area contributed by atoms with Gasteiger partial charge in [0.15, 0.2) is 34.9 Å². The van der Waals surface area contributed by atoms with Crippen molar-refractivity contribution in [2.75, 3.05) is 0 Å². The third kappa shape index (κ3) is 7.16. The van der Waals surface area contributed by atoms with Crippen molar-refractivity contribution in [3.63, 3.8) is 0 Å². The normalized spacial score (nSPS) is 24.0. The van der Waals surface area contributed by atoms with Gasteiger partial charge in [-0.2, -0.15) is 0 Å². The Hall–Kier alpha value is -8.88. The fourth-order valence-electron chi connectivity index (χ4n) is 8.81. The monoisotopic (exact) mass is 908 g/mol. The zero-order valence-electron chi connectivity index (χ0n) is 56.2. The first kappa shape index (κ1) is 24.8. The van der Waals surface area contributed by atoms with Gasteiger partial charge in [0, 0.05) is 60.5 Å². The fraction of sp³-hybridized carbons (Fsp3) is 0.0820. The molecule has 4 atom stereocenters. The Morgan fingerprint density at radius 1 is 0.536 bits per heavy atom. The van der Waals surface area contributed by atoms with E-state index in [2.05, 4.69) is 20.6 Å². The minimum Gasteiger partial charge on any atom is -0.309 e. The van der Waals surface area contributed by atoms with Crippen molar-refractivity contribution in [1.82, 2.24) is 39.0 Å². The molecule has 7 aromatic carbocycles. The van der Waals surface area contributed by atoms with Crippen LogP contribution in [0, 0.1) is 5.89 Å². The van der Waals surface area contributed by atoms with Gasteiger partial charge in [-0.25, -0.2) is 29.9 Å². The fourth-order valence-corrected chi connectivity index (χ4v) is 8.81. The highest BCUT2D eigenvalue weighted by molar-refractivity contribution is 6.19. The summed E-state index contributed by atoms with van der Waals surface area (Å²) in [4.78, 5) is 28.3. The van der Waals surface area contributed by atoms with Gasteiger partial charge in [0.2, 0.25) is 0 Å². The lowest BCUT2D eigenvalue weighted by atomic mass is 9.97. The molecular formula is C61H44N8. The Labute approximate surface area is 427 Å². The Kier molecular flexibility index (Phi) is 6.02. The number of benzene rings is 7. The van der Waals surface area contributed by atoms with Gasteiger partial charge < -0.3 is 9.13 Å². The highest BCUT2D eigenvalue weighted by Crippen LogP contribution is 2.42. The molecule has 8 nitrogen and oxygen atoms in total. The second kappa shape index (κ2) is 16.8. The smallest absolute Gasteiger partial charge is 0.166 e. The molecule has 0 amide bonds. The third-order valence-electron chi connectivity index (χ3n) is 11.8. The highest BCUT2D eigenvalue weighted by atomic mass is 15.1. The van der Waals surface area contributed by atoms with E-state index in [1.807, 2.05) is 89.5 Å². The molecule has 0 aliphatic heterocycles. The number of nitrogens with zero attached hydrogens (tertiary/aromatic N) is 8. The second-order valence-electron chi connectivity index (χ2n) is 16.0. The van der Waals surface area contributed by atoms with E-state index in [1.54, 1.807) is 12.1 Å². The van der Waals surface area contributed by atoms with Gasteiger partial charge in [0.1, 0.15) is 0 Å². The molecule has 0 radical (unpaired) electrons. The summed E-state index contributed by atoms with van der Waals surface area (Å²) in [6, 6.07) is 22.7. The zero-order chi connectivity index (χ0) is 63.3. The SMILES string of the molecule is [2H]C1=C([2H])C([2H])C([2H])C(c2nc(-c3ccc(-n4c5ccccc5c5cc6c(cc54)c4ccccc4n6-c4ccccc4)c(-c4nc(C5=C([2H])C([2H])(C)C([2H])C([2H])=C5[2H])nc(-c5c([2H])c([2H])c([2H])c([2H])c5[2H])n4)c3)nc(-c3c([2H])c([2H])c([2H])c([2H])c3[2H])n2)=C1[2H]. The highest BCUT2D eigenvalue weighted by Gasteiger charge is 2.24. The van der Waals surface area contributed by atoms with Gasteiger partial charge in [-0.05, 0) is 85.3 Å². The lowest BCUT2D eigenvalue weighted by Gasteiger charge is -2.17. The molecule has 11 aromatic rings. The van der Waals surface area contributed by atoms with Gasteiger partial charge in [-0.1, -0.05) is 158 Å². The van der Waals surface area contributed by atoms with E-state index in [4.69, 9.17) is 44.6 Å². The van der Waals surface area contributed by atoms with Crippen LogP contribution < -0.4 is 0 Å². The molecule has 2 aliphatic rings. The molecule has 0 saturated carbocycles. The van der Waals surface area contributed by atoms with Gasteiger partial charge in [-0.3, -0.25) is 0 Å². The number of hydrogen-bond donors (Lipinski definition) is 0. The molecule has 4 unspecified atom stereocenters. The molecular weight excluding hydrogens is 845 g/mol. The molecule has 4 aromatic heterocycles. The van der Waals surface area contributed by atoms with Crippen LogP contribution in [0.3, 0.4) is 0 Å². The van der Waals surface area contributed by atoms with E-state index in [9.17, 15) is 2.74 Å². The summed E-state index contributed by atoms with van der Waals surface area (Å²) >= 11 is 0. The number of para-hydroxylation sites is 3. The average Bonchev–Trinajstić information content (AvgIpc) is 1.60. The number of allylic oxidation sites excluding steroid dienone is 8. The van der Waals surface area contributed by atoms with Crippen molar-refractivity contribution in [3.8, 4) is 56.9 Å². The van der Waals surface area contributed by atoms with Crippen molar-refractivity contribution < 1.29 is 27.4 Å². The maximum Gasteiger partial charge on any atom is 0.166 e. The molecule has 69 heavy (non-hydrogen) atoms. The predicted octanol–water partition coefficient (Wildman–Crippen LogP) is 14.6. The van der Waals surface area contributed by atoms with Crippen LogP contribution in [0.4, 0.5) is 0 Å². The molecule has 0 fully saturated rings. The topological polar surface area (TPSA) is 87.2 Å². The zero-order valence-corrected chi connectivity index (χ0v) is 36.2. The lowest BCUT2D eigenvalue weighted by molar-refractivity contribution is 0.738. The maximum absolute atomic E-state index is 9.36. The standard InChI is InChI=1S/C61H44N8/c1-39-19-18-26-43(35-39)59-65-58(42-24-10-4-11-25-42)66-61(67-59)50-36-44(60-63-56(40-20-6-2-7-21-40)62-57(64-60)41-22-8-3-9-23-41)33-34-53(50)69-52-32-17-15-30-47(52)49-37-54-48(38-55(49)69)46-29-14-16-31-51(46)68(54)45-27-12-5-13-28-45/h2-8,10-18,20-22,24-39H,9,19,23H2,1H3/i2D,3D,4D,6D,7D,8D,9D,10D,11D,18D,19D,20D,21D,22D,23D,24D,25D,26D,35D,39D. The van der Waals surface area contributed by atoms with Crippen LogP contribution in [-0.2, 0) is 0 Å². The average molecular weight is 909 g/mol. The Bertz CT molecular complexity index is 5030. The third-order valence-corrected chi connectivity index (χ3v) is 11.8. The largest absolute Gasteiger partial charge is 0.309 e. The van der Waals surface area contributed by atoms with Crippen LogP contribution in [-0.4, -0.2) is 39.0 Å². The lowest BCUT2D eigenvalue weighted by Crippen LogP contribution is -2.07. The molecule has 13 rings (SSSR count). The van der Waals surface area contributed by atoms with Crippen LogP contribution in [0.5, 0.6) is 0 Å². The van der Waals surface area contributed by atoms with Gasteiger partial charge in [-0.15, -0.1) is 0 Å². The molecule has 0 N–H and O–H groups in total. The van der Waals surface area contributed by atoms with E-state index in [1.165, 1.54) is 13.0 Å². The molecule has 8 heteroatoms. The van der Waals surface area contributed by atoms with E-state index in [-0.39, 0.29) is 28.5 Å². The predicted molar refractivity (Wildman–Crippen MR) is 281 cm³/mol. The van der Waals surface area contributed by atoms with Gasteiger partial charge in [0.25, 0.3) is 0 Å². The summed E-state index contributed by atoms with van der Waals surface area (Å²) in [7, 11) is 0. The van der Waals surface area contributed by atoms with E-state index in [0.717, 1.165) is 38.3 Å². The summed E-state index contributed by atoms with van der Waals surface area (Å²) < 4.78 is 181. The molecule has 4 heterocycles. The van der Waals surface area contributed by atoms with Crippen molar-refractivity contribution in [2.24, 2.45) is 5.89 Å². The molecule has 2 aliphatic carbocycles. The molecule has 0 bridgehead atoms. The quantitative estimate of drug-likeness (QED) is 0.151. The maximum atomic E-state index is 9.36. The summed E-state index contributed by atoms with van der Waals surface area (Å²) in [5.74, 6) is -5.02. The molecule has 328 valence electrons. The minimum atomic E-state index is -2.17. The van der Waals surface area contributed by atoms with E-state index >= 15 is 0 Å². The van der Waals surface area contributed by atoms with Crippen LogP contribution in [0.15, 0.2) is 206 Å². The van der Waals surface area contributed by atoms with Crippen molar-refractivity contribution in [3.05, 3.63) is 218 Å². The van der Waals surface area contributed by atoms with Crippen molar-refractivity contribution in [2.45, 2.75) is 26.1 Å². The van der Waals surface area contributed by atoms with Crippen LogP contribution in [0.2, 0.25) is 0 Å². The first-order chi connectivity index (χ1) is 42.3. The summed E-state index contributed by atoms with van der Waals surface area (Å²) in [5, 5.41) is 3.29. The summed E-state index contributed by atoms with van der Waals surface area (Å²) in [6.45, 7) is 1.22. The second-order valence-corrected chi connectivity index (χ2v) is 16.0. The van der Waals surface area contributed by atoms with Crippen molar-refractivity contribution in [1.29, 1.82) is 0 Å². The number of aromatic nitrogens is 8. The first-order valence-electron chi connectivity index (χ1n) is 32.0. The summed E-state index contributed by atoms with van der Waals surface area (Å²) in [6.07, 6.45) is -5.15. The van der Waals surface area contributed by atoms with Gasteiger partial charge >= 0.3 is 0 Å². The molecule has 0 spiro atoms. The van der Waals surface area contributed by atoms with Crippen LogP contribution in [0.1, 0.15) is 65.2 Å².